The summed E-state index contributed by atoms with van der Waals surface area (Å²) in [6, 6.07) is 12.7. The average Bonchev–Trinajstić information content (AvgIpc) is 2.90. The van der Waals surface area contributed by atoms with Crippen molar-refractivity contribution in [2.75, 3.05) is 6.54 Å². The number of fused-ring (bicyclic) bond motifs is 1. The molecule has 2 N–H and O–H groups in total. The van der Waals surface area contributed by atoms with E-state index in [0.29, 0.717) is 20.8 Å². The van der Waals surface area contributed by atoms with Crippen LogP contribution < -0.4 is 10.1 Å². The lowest BCUT2D eigenvalue weighted by atomic mass is 9.86. The molecule has 3 rings (SSSR count). The summed E-state index contributed by atoms with van der Waals surface area (Å²) in [6.45, 7) is 5.38. The van der Waals surface area contributed by atoms with E-state index in [1.165, 1.54) is 0 Å². The second-order valence-corrected chi connectivity index (χ2v) is 8.59. The lowest BCUT2D eigenvalue weighted by Crippen LogP contribution is -2.47. The van der Waals surface area contributed by atoms with Gasteiger partial charge >= 0.3 is 6.09 Å². The maximum absolute atomic E-state index is 12.2. The summed E-state index contributed by atoms with van der Waals surface area (Å²) < 4.78 is 12.1. The van der Waals surface area contributed by atoms with E-state index < -0.39 is 23.4 Å². The summed E-state index contributed by atoms with van der Waals surface area (Å²) in [7, 11) is 0. The lowest BCUT2D eigenvalue weighted by molar-refractivity contribution is -0.0338. The van der Waals surface area contributed by atoms with E-state index in [-0.39, 0.29) is 6.54 Å². The Labute approximate surface area is 171 Å². The third-order valence-corrected chi connectivity index (χ3v) is 5.65. The fourth-order valence-electron chi connectivity index (χ4n) is 3.07. The minimum Gasteiger partial charge on any atom is -0.477 e. The van der Waals surface area contributed by atoms with E-state index in [1.54, 1.807) is 32.9 Å². The van der Waals surface area contributed by atoms with Gasteiger partial charge in [-0.3, -0.25) is 0 Å². The van der Waals surface area contributed by atoms with Crippen LogP contribution in [0.2, 0.25) is 5.02 Å². The fraction of sp³-hybridized carbons (Fsp3) is 0.350. The third kappa shape index (κ3) is 3.93. The van der Waals surface area contributed by atoms with Gasteiger partial charge in [0.25, 0.3) is 0 Å². The van der Waals surface area contributed by atoms with Crippen molar-refractivity contribution in [3.8, 4) is 5.75 Å². The van der Waals surface area contributed by atoms with Crippen LogP contribution in [0.3, 0.4) is 0 Å². The molecule has 0 aliphatic carbocycles. The number of ether oxygens (including phenoxy) is 2. The minimum absolute atomic E-state index is 0.0197. The highest BCUT2D eigenvalue weighted by molar-refractivity contribution is 9.10. The smallest absolute Gasteiger partial charge is 0.407 e. The molecule has 2 aromatic carbocycles. The van der Waals surface area contributed by atoms with Crippen LogP contribution >= 0.6 is 27.5 Å². The highest BCUT2D eigenvalue weighted by atomic mass is 79.9. The topological polar surface area (TPSA) is 67.8 Å². The molecule has 0 aromatic heterocycles. The number of nitrogens with one attached hydrogen (secondary N) is 1. The second-order valence-electron chi connectivity index (χ2n) is 7.39. The number of hydrogen-bond donors (Lipinski definition) is 2. The number of carbonyl (C=O) groups excluding carboxylic acids is 1. The monoisotopic (exact) mass is 453 g/mol. The van der Waals surface area contributed by atoms with Gasteiger partial charge in [0.15, 0.2) is 5.60 Å². The molecule has 1 aliphatic rings. The van der Waals surface area contributed by atoms with E-state index in [1.807, 2.05) is 30.3 Å². The van der Waals surface area contributed by atoms with Crippen molar-refractivity contribution < 1.29 is 19.4 Å². The van der Waals surface area contributed by atoms with Gasteiger partial charge in [0.1, 0.15) is 17.5 Å². The van der Waals surface area contributed by atoms with E-state index in [2.05, 4.69) is 21.2 Å². The molecule has 1 aliphatic heterocycles. The minimum atomic E-state index is -1.20. The first-order chi connectivity index (χ1) is 12.6. The Morgan fingerprint density at radius 1 is 1.30 bits per heavy atom. The summed E-state index contributed by atoms with van der Waals surface area (Å²) in [4.78, 5) is 12.2. The summed E-state index contributed by atoms with van der Waals surface area (Å²) in [5.74, 6) is 0.508. The first-order valence-corrected chi connectivity index (χ1v) is 9.68. The van der Waals surface area contributed by atoms with Crippen molar-refractivity contribution in [2.24, 2.45) is 0 Å². The lowest BCUT2D eigenvalue weighted by Gasteiger charge is -2.33. The number of halogens is 2. The number of carbonyl (C=O) groups is 1. The largest absolute Gasteiger partial charge is 0.477 e. The quantitative estimate of drug-likeness (QED) is 0.689. The molecule has 0 unspecified atom stereocenters. The van der Waals surface area contributed by atoms with Crippen LogP contribution in [0, 0.1) is 0 Å². The summed E-state index contributed by atoms with van der Waals surface area (Å²) in [5.41, 5.74) is -0.545. The zero-order valence-corrected chi connectivity index (χ0v) is 17.6. The number of rotatable bonds is 3. The molecule has 0 radical (unpaired) electrons. The Hall–Kier alpha value is -1.76. The number of alkyl carbamates (subject to hydrolysis) is 1. The van der Waals surface area contributed by atoms with Crippen molar-refractivity contribution >= 4 is 33.6 Å². The zero-order valence-electron chi connectivity index (χ0n) is 15.3. The number of hydrogen-bond acceptors (Lipinski definition) is 4. The van der Waals surface area contributed by atoms with Gasteiger partial charge in [-0.25, -0.2) is 4.79 Å². The Morgan fingerprint density at radius 3 is 2.59 bits per heavy atom. The number of aliphatic hydroxyl groups is 1. The van der Waals surface area contributed by atoms with Crippen LogP contribution in [-0.4, -0.2) is 23.3 Å². The predicted octanol–water partition coefficient (Wildman–Crippen LogP) is 4.95. The number of aliphatic hydroxyl groups excluding tert-OH is 1. The predicted molar refractivity (Wildman–Crippen MR) is 107 cm³/mol. The first-order valence-electron chi connectivity index (χ1n) is 8.51. The van der Waals surface area contributed by atoms with Gasteiger partial charge in [-0.1, -0.05) is 41.9 Å². The molecule has 5 nitrogen and oxygen atoms in total. The molecule has 144 valence electrons. The highest BCUT2D eigenvalue weighted by Crippen LogP contribution is 2.52. The van der Waals surface area contributed by atoms with Crippen molar-refractivity contribution in [1.82, 2.24) is 5.32 Å². The normalized spacial score (nSPS) is 21.3. The SMILES string of the molecule is CC(C)(C)OC(=O)NC[C@]1(c2ccccc2)Oc2ccc(Cl)c(Br)c2[C@@H]1O. The molecule has 0 spiro atoms. The van der Waals surface area contributed by atoms with Gasteiger partial charge in [-0.2, -0.15) is 0 Å². The molecule has 27 heavy (non-hydrogen) atoms. The number of benzene rings is 2. The molecule has 0 saturated carbocycles. The van der Waals surface area contributed by atoms with E-state index >= 15 is 0 Å². The maximum atomic E-state index is 12.2. The zero-order chi connectivity index (χ0) is 19.8. The Kier molecular flexibility index (Phi) is 5.43. The van der Waals surface area contributed by atoms with Gasteiger partial charge in [-0.05, 0) is 48.8 Å². The molecular weight excluding hydrogens is 434 g/mol. The van der Waals surface area contributed by atoms with E-state index in [0.717, 1.165) is 5.56 Å². The van der Waals surface area contributed by atoms with Gasteiger partial charge in [0.2, 0.25) is 0 Å². The molecule has 1 heterocycles. The van der Waals surface area contributed by atoms with Crippen LogP contribution in [-0.2, 0) is 10.3 Å². The van der Waals surface area contributed by atoms with Gasteiger partial charge in [0, 0.05) is 15.6 Å². The van der Waals surface area contributed by atoms with Crippen molar-refractivity contribution in [3.63, 3.8) is 0 Å². The standard InChI is InChI=1S/C20H21BrClNO4/c1-19(2,3)27-18(25)23-11-20(12-7-5-4-6-8-12)17(24)15-14(26-20)10-9-13(22)16(15)21/h4-10,17,24H,11H2,1-3H3,(H,23,25)/t17-,20+/m0/s1. The molecule has 0 saturated heterocycles. The molecule has 7 heteroatoms. The molecule has 0 fully saturated rings. The van der Waals surface area contributed by atoms with Gasteiger partial charge < -0.3 is 19.9 Å². The Balaban J connectivity index is 1.97. The van der Waals surface area contributed by atoms with Crippen LogP contribution in [0.5, 0.6) is 5.75 Å². The molecule has 0 bridgehead atoms. The van der Waals surface area contributed by atoms with Crippen LogP contribution in [0.1, 0.15) is 38.0 Å². The first kappa shape index (κ1) is 20.0. The van der Waals surface area contributed by atoms with Crippen molar-refractivity contribution in [3.05, 3.63) is 63.1 Å². The Morgan fingerprint density at radius 2 is 1.96 bits per heavy atom. The highest BCUT2D eigenvalue weighted by Gasteiger charge is 2.51. The molecule has 2 atom stereocenters. The van der Waals surface area contributed by atoms with Crippen molar-refractivity contribution in [2.45, 2.75) is 38.1 Å². The summed E-state index contributed by atoms with van der Waals surface area (Å²) >= 11 is 9.63. The average molecular weight is 455 g/mol. The molecule has 2 aromatic rings. The fourth-order valence-corrected chi connectivity index (χ4v) is 3.78. The van der Waals surface area contributed by atoms with Crippen LogP contribution in [0.15, 0.2) is 46.9 Å². The van der Waals surface area contributed by atoms with E-state index in [9.17, 15) is 9.90 Å². The second kappa shape index (κ2) is 7.34. The van der Waals surface area contributed by atoms with Gasteiger partial charge in [-0.15, -0.1) is 0 Å². The van der Waals surface area contributed by atoms with Gasteiger partial charge in [0.05, 0.1) is 11.6 Å². The maximum Gasteiger partial charge on any atom is 0.407 e. The molecular formula is C20H21BrClNO4. The third-order valence-electron chi connectivity index (χ3n) is 4.26. The summed E-state index contributed by atoms with van der Waals surface area (Å²) in [5, 5.41) is 14.4. The summed E-state index contributed by atoms with van der Waals surface area (Å²) in [6.07, 6.45) is -1.63. The van der Waals surface area contributed by atoms with E-state index in [4.69, 9.17) is 21.1 Å². The van der Waals surface area contributed by atoms with Crippen LogP contribution in [0.25, 0.3) is 0 Å². The molecule has 1 amide bonds. The van der Waals surface area contributed by atoms with Crippen LogP contribution in [0.4, 0.5) is 4.79 Å². The van der Waals surface area contributed by atoms with Crippen molar-refractivity contribution in [1.29, 1.82) is 0 Å². The number of amides is 1. The Bertz CT molecular complexity index is 853.